The van der Waals surface area contributed by atoms with E-state index >= 15 is 0 Å². The molecule has 1 N–H and O–H groups in total. The highest BCUT2D eigenvalue weighted by Crippen LogP contribution is 2.27. The smallest absolute Gasteiger partial charge is 0.331 e. The molecule has 3 rings (SSSR count). The third-order valence-electron chi connectivity index (χ3n) is 3.84. The molecule has 0 aliphatic carbocycles. The van der Waals surface area contributed by atoms with Crippen molar-refractivity contribution in [3.63, 3.8) is 0 Å². The average molecular weight is 357 g/mol. The van der Waals surface area contributed by atoms with E-state index in [2.05, 4.69) is 5.32 Å². The van der Waals surface area contributed by atoms with Gasteiger partial charge in [0.05, 0.1) is 0 Å². The molecule has 0 radical (unpaired) electrons. The Balaban J connectivity index is 1.57. The molecule has 0 aliphatic heterocycles. The number of rotatable bonds is 6. The highest BCUT2D eigenvalue weighted by Gasteiger charge is 2.09. The largest absolute Gasteiger partial charge is 0.452 e. The van der Waals surface area contributed by atoms with E-state index in [9.17, 15) is 9.59 Å². The molecule has 3 aromatic rings. The standard InChI is InChI=1S/C23H19NO3/c25-22(17-27-23(26)16-15-18-9-3-1-4-10-18)24-21-14-8-7-13-20(21)19-11-5-2-6-12-19/h1-16H,17H2,(H,24,25)/b16-15+. The van der Waals surface area contributed by atoms with Gasteiger partial charge < -0.3 is 10.1 Å². The summed E-state index contributed by atoms with van der Waals surface area (Å²) in [6.45, 7) is -0.346. The van der Waals surface area contributed by atoms with Crippen molar-refractivity contribution in [2.24, 2.45) is 0 Å². The summed E-state index contributed by atoms with van der Waals surface area (Å²) in [5.74, 6) is -0.954. The summed E-state index contributed by atoms with van der Waals surface area (Å²) >= 11 is 0. The number of hydrogen-bond donors (Lipinski definition) is 1. The zero-order chi connectivity index (χ0) is 18.9. The van der Waals surface area contributed by atoms with Crippen LogP contribution in [-0.2, 0) is 14.3 Å². The van der Waals surface area contributed by atoms with Gasteiger partial charge in [0.1, 0.15) is 0 Å². The molecule has 27 heavy (non-hydrogen) atoms. The van der Waals surface area contributed by atoms with Crippen LogP contribution in [-0.4, -0.2) is 18.5 Å². The Kier molecular flexibility index (Phi) is 6.15. The second kappa shape index (κ2) is 9.15. The van der Waals surface area contributed by atoms with Crippen LogP contribution in [0.4, 0.5) is 5.69 Å². The number of benzene rings is 3. The summed E-state index contributed by atoms with van der Waals surface area (Å²) in [4.78, 5) is 23.9. The van der Waals surface area contributed by atoms with Crippen LogP contribution in [0.3, 0.4) is 0 Å². The van der Waals surface area contributed by atoms with E-state index in [1.54, 1.807) is 6.08 Å². The maximum Gasteiger partial charge on any atom is 0.331 e. The van der Waals surface area contributed by atoms with E-state index in [1.165, 1.54) is 6.08 Å². The maximum atomic E-state index is 12.2. The zero-order valence-electron chi connectivity index (χ0n) is 14.7. The van der Waals surface area contributed by atoms with E-state index in [4.69, 9.17) is 4.74 Å². The maximum absolute atomic E-state index is 12.2. The van der Waals surface area contributed by atoms with Gasteiger partial charge in [0.25, 0.3) is 5.91 Å². The van der Waals surface area contributed by atoms with E-state index in [-0.39, 0.29) is 12.5 Å². The molecule has 0 aromatic heterocycles. The Hall–Kier alpha value is -3.66. The van der Waals surface area contributed by atoms with Crippen LogP contribution < -0.4 is 5.32 Å². The van der Waals surface area contributed by atoms with Gasteiger partial charge in [-0.1, -0.05) is 78.9 Å². The normalized spacial score (nSPS) is 10.5. The molecule has 3 aromatic carbocycles. The lowest BCUT2D eigenvalue weighted by molar-refractivity contribution is -0.142. The predicted octanol–water partition coefficient (Wildman–Crippen LogP) is 4.55. The zero-order valence-corrected chi connectivity index (χ0v) is 14.7. The van der Waals surface area contributed by atoms with Crippen molar-refractivity contribution < 1.29 is 14.3 Å². The number of amides is 1. The van der Waals surface area contributed by atoms with Crippen molar-refractivity contribution in [3.05, 3.63) is 96.6 Å². The topological polar surface area (TPSA) is 55.4 Å². The fourth-order valence-electron chi connectivity index (χ4n) is 2.56. The first-order valence-corrected chi connectivity index (χ1v) is 8.56. The lowest BCUT2D eigenvalue weighted by atomic mass is 10.0. The minimum Gasteiger partial charge on any atom is -0.452 e. The summed E-state index contributed by atoms with van der Waals surface area (Å²) in [6.07, 6.45) is 2.95. The van der Waals surface area contributed by atoms with Crippen molar-refractivity contribution in [2.45, 2.75) is 0 Å². The molecule has 4 nitrogen and oxygen atoms in total. The SMILES string of the molecule is O=C(COC(=O)/C=C/c1ccccc1)Nc1ccccc1-c1ccccc1. The van der Waals surface area contributed by atoms with E-state index in [1.807, 2.05) is 84.9 Å². The van der Waals surface area contributed by atoms with Crippen LogP contribution in [0.5, 0.6) is 0 Å². The molecule has 0 heterocycles. The number of ether oxygens (including phenoxy) is 1. The minimum atomic E-state index is -0.564. The molecule has 134 valence electrons. The van der Waals surface area contributed by atoms with Crippen LogP contribution in [0.25, 0.3) is 17.2 Å². The van der Waals surface area contributed by atoms with E-state index < -0.39 is 5.97 Å². The van der Waals surface area contributed by atoms with Crippen LogP contribution in [0.2, 0.25) is 0 Å². The van der Waals surface area contributed by atoms with Gasteiger partial charge in [-0.3, -0.25) is 4.79 Å². The monoisotopic (exact) mass is 357 g/mol. The molecule has 0 bridgehead atoms. The van der Waals surface area contributed by atoms with Gasteiger partial charge in [0.2, 0.25) is 0 Å². The number of nitrogens with one attached hydrogen (secondary N) is 1. The highest BCUT2D eigenvalue weighted by atomic mass is 16.5. The molecule has 0 aliphatic rings. The van der Waals surface area contributed by atoms with Crippen LogP contribution in [0.15, 0.2) is 91.0 Å². The first kappa shape index (κ1) is 18.1. The van der Waals surface area contributed by atoms with Crippen LogP contribution in [0, 0.1) is 0 Å². The van der Waals surface area contributed by atoms with Gasteiger partial charge in [0, 0.05) is 17.3 Å². The highest BCUT2D eigenvalue weighted by molar-refractivity contribution is 5.97. The van der Waals surface area contributed by atoms with Crippen molar-refractivity contribution >= 4 is 23.6 Å². The molecule has 0 fully saturated rings. The summed E-state index contributed by atoms with van der Waals surface area (Å²) < 4.78 is 5.01. The predicted molar refractivity (Wildman–Crippen MR) is 107 cm³/mol. The van der Waals surface area contributed by atoms with Gasteiger partial charge in [-0.25, -0.2) is 4.79 Å². The number of esters is 1. The van der Waals surface area contributed by atoms with Crippen molar-refractivity contribution in [2.75, 3.05) is 11.9 Å². The number of anilines is 1. The van der Waals surface area contributed by atoms with Gasteiger partial charge in [0.15, 0.2) is 6.61 Å². The van der Waals surface area contributed by atoms with Gasteiger partial charge in [-0.05, 0) is 23.3 Å². The second-order valence-electron chi connectivity index (χ2n) is 5.81. The summed E-state index contributed by atoms with van der Waals surface area (Å²) in [5.41, 5.74) is 3.46. The number of para-hydroxylation sites is 1. The fourth-order valence-corrected chi connectivity index (χ4v) is 2.56. The van der Waals surface area contributed by atoms with Crippen molar-refractivity contribution in [1.29, 1.82) is 0 Å². The molecule has 0 unspecified atom stereocenters. The fraction of sp³-hybridized carbons (Fsp3) is 0.0435. The Morgan fingerprint density at radius 2 is 1.44 bits per heavy atom. The lowest BCUT2D eigenvalue weighted by Crippen LogP contribution is -2.20. The van der Waals surface area contributed by atoms with E-state index in [0.29, 0.717) is 5.69 Å². The molecule has 4 heteroatoms. The van der Waals surface area contributed by atoms with Gasteiger partial charge in [-0.2, -0.15) is 0 Å². The Bertz CT molecular complexity index is 934. The molecular formula is C23H19NO3. The molecule has 1 amide bonds. The average Bonchev–Trinajstić information content (AvgIpc) is 2.72. The van der Waals surface area contributed by atoms with Crippen LogP contribution in [0.1, 0.15) is 5.56 Å². The summed E-state index contributed by atoms with van der Waals surface area (Å²) in [5, 5.41) is 2.80. The molecule has 0 saturated heterocycles. The number of carbonyl (C=O) groups excluding carboxylic acids is 2. The van der Waals surface area contributed by atoms with Crippen molar-refractivity contribution in [3.8, 4) is 11.1 Å². The molecule has 0 saturated carbocycles. The summed E-state index contributed by atoms with van der Waals surface area (Å²) in [6, 6.07) is 26.7. The summed E-state index contributed by atoms with van der Waals surface area (Å²) in [7, 11) is 0. The molecule has 0 atom stereocenters. The first-order chi connectivity index (χ1) is 13.2. The van der Waals surface area contributed by atoms with E-state index in [0.717, 1.165) is 16.7 Å². The quantitative estimate of drug-likeness (QED) is 0.520. The number of carbonyl (C=O) groups is 2. The molecular weight excluding hydrogens is 338 g/mol. The minimum absolute atomic E-state index is 0.346. The third kappa shape index (κ3) is 5.41. The second-order valence-corrected chi connectivity index (χ2v) is 5.81. The molecule has 0 spiro atoms. The lowest BCUT2D eigenvalue weighted by Gasteiger charge is -2.11. The Morgan fingerprint density at radius 3 is 2.19 bits per heavy atom. The van der Waals surface area contributed by atoms with Crippen molar-refractivity contribution in [1.82, 2.24) is 0 Å². The van der Waals surface area contributed by atoms with Gasteiger partial charge in [-0.15, -0.1) is 0 Å². The van der Waals surface area contributed by atoms with Crippen LogP contribution >= 0.6 is 0 Å². The first-order valence-electron chi connectivity index (χ1n) is 8.56. The Morgan fingerprint density at radius 1 is 0.815 bits per heavy atom. The third-order valence-corrected chi connectivity index (χ3v) is 3.84. The Labute approximate surface area is 158 Å². The van der Waals surface area contributed by atoms with Gasteiger partial charge >= 0.3 is 5.97 Å². The number of hydrogen-bond acceptors (Lipinski definition) is 3.